The molecule has 0 radical (unpaired) electrons. The number of hydrogen-bond acceptors (Lipinski definition) is 10. The molecule has 0 bridgehead atoms. The summed E-state index contributed by atoms with van der Waals surface area (Å²) in [6.45, 7) is 15.1. The lowest BCUT2D eigenvalue weighted by Gasteiger charge is -2.26. The van der Waals surface area contributed by atoms with Crippen LogP contribution in [0.1, 0.15) is 71.6 Å². The lowest BCUT2D eigenvalue weighted by molar-refractivity contribution is -0.0475. The third-order valence-corrected chi connectivity index (χ3v) is 16.3. The summed E-state index contributed by atoms with van der Waals surface area (Å²) < 4.78 is 229. The molecule has 26 heteroatoms. The highest BCUT2D eigenvalue weighted by Crippen LogP contribution is 2.44. The van der Waals surface area contributed by atoms with Crippen LogP contribution in [0.4, 0.5) is 52.7 Å². The van der Waals surface area contributed by atoms with Gasteiger partial charge in [-0.2, -0.15) is 52.7 Å². The van der Waals surface area contributed by atoms with Crippen molar-refractivity contribution < 1.29 is 96.6 Å². The third-order valence-electron chi connectivity index (χ3n) is 7.12. The van der Waals surface area contributed by atoms with E-state index in [0.29, 0.717) is 11.5 Å². The molecule has 0 fully saturated rings. The second-order valence-corrected chi connectivity index (χ2v) is 22.4. The van der Waals surface area contributed by atoms with Crippen LogP contribution in [-0.2, 0) is 56.6 Å². The number of rotatable bonds is 7. The molecule has 0 unspecified atom stereocenters. The highest BCUT2D eigenvalue weighted by atomic mass is 32.3. The molecule has 0 aliphatic heterocycles. The molecule has 0 amide bonds. The average Bonchev–Trinajstić information content (AvgIpc) is 2.94. The first kappa shape index (κ1) is 52.0. The molecule has 10 nitrogen and oxygen atoms in total. The normalized spacial score (nSPS) is 14.2. The van der Waals surface area contributed by atoms with Crippen molar-refractivity contribution in [1.82, 2.24) is 0 Å². The van der Waals surface area contributed by atoms with Gasteiger partial charge >= 0.3 is 22.0 Å². The van der Waals surface area contributed by atoms with Crippen LogP contribution in [-0.4, -0.2) is 75.1 Å². The first-order valence-electron chi connectivity index (χ1n) is 14.7. The Hall–Kier alpha value is -3.00. The van der Waals surface area contributed by atoms with Crippen molar-refractivity contribution in [1.29, 1.82) is 0 Å². The molecule has 2 aromatic rings. The summed E-state index contributed by atoms with van der Waals surface area (Å²) in [6.07, 6.45) is -3.08. The standard InChI is InChI=1S/C12H18O.C10H14O.C7H4F12O8S4/c1-5-9-8-10(12(2,3)4)6-7-11(9)13;1-10(2,3)8-4-6-9(11)7-5-8;8-4(9,10)28(20,21)2(29(22,23)5(11,12)13)1-3(30(24,25)6(14,15)16)31(26,27)7(17,18)19/h6-8,13H,5H2,1-4H3;4-7,11H,1-3H3;2-3H,1H2. The zero-order valence-electron chi connectivity index (χ0n) is 29.4. The molecule has 0 aromatic heterocycles. The predicted molar refractivity (Wildman–Crippen MR) is 175 cm³/mol. The number of phenolic OH excluding ortho intramolecular Hbond substituents is 2. The fourth-order valence-electron chi connectivity index (χ4n) is 3.89. The Kier molecular flexibility index (Phi) is 15.9. The molecule has 2 aromatic carbocycles. The van der Waals surface area contributed by atoms with E-state index in [1.165, 1.54) is 11.1 Å². The van der Waals surface area contributed by atoms with Gasteiger partial charge < -0.3 is 10.2 Å². The number of alkyl halides is 12. The largest absolute Gasteiger partial charge is 0.508 e. The highest BCUT2D eigenvalue weighted by molar-refractivity contribution is 8.11. The lowest BCUT2D eigenvalue weighted by atomic mass is 9.86. The number of aromatic hydroxyl groups is 2. The van der Waals surface area contributed by atoms with Gasteiger partial charge in [-0.15, -0.1) is 0 Å². The van der Waals surface area contributed by atoms with Gasteiger partial charge in [0.05, 0.1) is 0 Å². The van der Waals surface area contributed by atoms with Gasteiger partial charge in [0.15, 0.2) is 9.16 Å². The van der Waals surface area contributed by atoms with Crippen molar-refractivity contribution >= 4 is 39.3 Å². The Morgan fingerprint density at radius 1 is 0.491 bits per heavy atom. The number of sulfone groups is 4. The van der Waals surface area contributed by atoms with E-state index in [1.807, 2.05) is 18.2 Å². The lowest BCUT2D eigenvalue weighted by Crippen LogP contribution is -2.52. The van der Waals surface area contributed by atoms with E-state index in [-0.39, 0.29) is 10.8 Å². The van der Waals surface area contributed by atoms with Gasteiger partial charge in [0, 0.05) is 6.42 Å². The third kappa shape index (κ3) is 12.8. The molecule has 2 rings (SSSR count). The highest BCUT2D eigenvalue weighted by Gasteiger charge is 2.69. The zero-order chi connectivity index (χ0) is 44.4. The molecular formula is C29H36F12O10S4. The van der Waals surface area contributed by atoms with Gasteiger partial charge in [-0.05, 0) is 52.1 Å². The molecule has 2 N–H and O–H groups in total. The van der Waals surface area contributed by atoms with E-state index in [0.717, 1.165) is 12.0 Å². The SMILES string of the molecule is CC(C)(C)c1ccc(O)cc1.CCc1cc(C(C)(C)C)ccc1O.O=S(=O)(C(CC(S(=O)(=O)C(F)(F)F)S(=O)(=O)C(F)(F)F)S(=O)(=O)C(F)(F)F)C(F)(F)F. The van der Waals surface area contributed by atoms with E-state index >= 15 is 0 Å². The molecule has 0 spiro atoms. The van der Waals surface area contributed by atoms with E-state index in [1.54, 1.807) is 18.2 Å². The monoisotopic (exact) mass is 900 g/mol. The van der Waals surface area contributed by atoms with Crippen LogP contribution in [0.25, 0.3) is 0 Å². The molecule has 0 aliphatic carbocycles. The number of aryl methyl sites for hydroxylation is 1. The van der Waals surface area contributed by atoms with Gasteiger partial charge in [0.25, 0.3) is 39.3 Å². The summed E-state index contributed by atoms with van der Waals surface area (Å²) in [5, 5.41) is 18.5. The quantitative estimate of drug-likeness (QED) is 0.262. The van der Waals surface area contributed by atoms with Crippen molar-refractivity contribution in [3.05, 3.63) is 59.2 Å². The maximum atomic E-state index is 12.6. The molecule has 55 heavy (non-hydrogen) atoms. The minimum atomic E-state index is -7.96. The minimum absolute atomic E-state index is 0.164. The van der Waals surface area contributed by atoms with Crippen LogP contribution in [0.2, 0.25) is 0 Å². The van der Waals surface area contributed by atoms with Gasteiger partial charge in [-0.25, -0.2) is 33.7 Å². The summed E-state index contributed by atoms with van der Waals surface area (Å²) in [4.78, 5) is 0. The number of halogens is 12. The maximum absolute atomic E-state index is 12.6. The van der Waals surface area contributed by atoms with Gasteiger partial charge in [0.1, 0.15) is 11.5 Å². The summed E-state index contributed by atoms with van der Waals surface area (Å²) in [7, 11) is -31.8. The molecule has 0 heterocycles. The van der Waals surface area contributed by atoms with Crippen LogP contribution in [0.15, 0.2) is 42.5 Å². The Bertz CT molecular complexity index is 1880. The van der Waals surface area contributed by atoms with Crippen LogP contribution < -0.4 is 0 Å². The molecule has 0 saturated carbocycles. The summed E-state index contributed by atoms with van der Waals surface area (Å²) >= 11 is 0. The van der Waals surface area contributed by atoms with Crippen molar-refractivity contribution in [3.63, 3.8) is 0 Å². The smallest absolute Gasteiger partial charge is 0.498 e. The van der Waals surface area contributed by atoms with E-state index in [2.05, 4.69) is 54.5 Å². The Morgan fingerprint density at radius 2 is 0.764 bits per heavy atom. The van der Waals surface area contributed by atoms with Crippen molar-refractivity contribution in [2.75, 3.05) is 0 Å². The number of phenols is 2. The Balaban J connectivity index is 0.000000977. The van der Waals surface area contributed by atoms with Crippen LogP contribution in [0.3, 0.4) is 0 Å². The van der Waals surface area contributed by atoms with E-state index in [9.17, 15) is 91.5 Å². The average molecular weight is 901 g/mol. The van der Waals surface area contributed by atoms with Gasteiger partial charge in [0.2, 0.25) is 0 Å². The zero-order valence-corrected chi connectivity index (χ0v) is 32.7. The topological polar surface area (TPSA) is 177 Å². The first-order valence-corrected chi connectivity index (χ1v) is 20.9. The molecule has 0 atom stereocenters. The molecular weight excluding hydrogens is 865 g/mol. The van der Waals surface area contributed by atoms with Crippen LogP contribution >= 0.6 is 0 Å². The van der Waals surface area contributed by atoms with Crippen molar-refractivity contribution in [2.24, 2.45) is 0 Å². The van der Waals surface area contributed by atoms with Gasteiger partial charge in [-0.3, -0.25) is 0 Å². The fourth-order valence-corrected chi connectivity index (χ4v) is 11.3. The second kappa shape index (κ2) is 16.8. The summed E-state index contributed by atoms with van der Waals surface area (Å²) in [5.41, 5.74) is -24.6. The van der Waals surface area contributed by atoms with E-state index in [4.69, 9.17) is 5.11 Å². The Morgan fingerprint density at radius 3 is 1.00 bits per heavy atom. The van der Waals surface area contributed by atoms with Crippen molar-refractivity contribution in [3.8, 4) is 11.5 Å². The maximum Gasteiger partial charge on any atom is 0.498 e. The summed E-state index contributed by atoms with van der Waals surface area (Å²) in [6, 6.07) is 13.2. The van der Waals surface area contributed by atoms with Crippen LogP contribution in [0.5, 0.6) is 11.5 Å². The number of hydrogen-bond donors (Lipinski definition) is 2. The molecule has 0 saturated heterocycles. The van der Waals surface area contributed by atoms with Crippen LogP contribution in [0, 0.1) is 0 Å². The van der Waals surface area contributed by atoms with Crippen molar-refractivity contribution in [2.45, 2.75) is 103 Å². The minimum Gasteiger partial charge on any atom is -0.508 e. The summed E-state index contributed by atoms with van der Waals surface area (Å²) in [5.74, 6) is 0.744. The fraction of sp³-hybridized carbons (Fsp3) is 0.586. The second-order valence-electron chi connectivity index (χ2n) is 13.3. The first-order chi connectivity index (χ1) is 23.9. The Labute approximate surface area is 309 Å². The predicted octanol–water partition coefficient (Wildman–Crippen LogP) is 7.71. The van der Waals surface area contributed by atoms with Gasteiger partial charge in [-0.1, -0.05) is 72.7 Å². The molecule has 320 valence electrons. The molecule has 0 aliphatic rings. The van der Waals surface area contributed by atoms with E-state index < -0.39 is 77.0 Å². The number of benzene rings is 2.